The predicted molar refractivity (Wildman–Crippen MR) is 83.6 cm³/mol. The molecule has 0 fully saturated rings. The SMILES string of the molecule is Cc1cc(Br)c(C(Cl)c2ccc(Br)cc2Cl)s1. The minimum Gasteiger partial charge on any atom is -0.143 e. The van der Waals surface area contributed by atoms with Crippen molar-refractivity contribution in [2.24, 2.45) is 0 Å². The van der Waals surface area contributed by atoms with E-state index in [1.54, 1.807) is 11.3 Å². The van der Waals surface area contributed by atoms with Crippen molar-refractivity contribution in [3.8, 4) is 0 Å². The fraction of sp³-hybridized carbons (Fsp3) is 0.167. The molecule has 1 unspecified atom stereocenters. The van der Waals surface area contributed by atoms with Crippen molar-refractivity contribution in [2.75, 3.05) is 0 Å². The number of hydrogen-bond acceptors (Lipinski definition) is 1. The molecular formula is C12H8Br2Cl2S. The molecule has 1 aromatic carbocycles. The summed E-state index contributed by atoms with van der Waals surface area (Å²) in [5, 5.41) is 0.459. The number of thiophene rings is 1. The van der Waals surface area contributed by atoms with Gasteiger partial charge in [0.25, 0.3) is 0 Å². The number of benzene rings is 1. The van der Waals surface area contributed by atoms with E-state index < -0.39 is 0 Å². The fourth-order valence-corrected chi connectivity index (χ4v) is 4.81. The molecule has 0 amide bonds. The number of halogens is 4. The molecule has 0 saturated carbocycles. The Morgan fingerprint density at radius 1 is 1.24 bits per heavy atom. The largest absolute Gasteiger partial charge is 0.143 e. The summed E-state index contributed by atoms with van der Waals surface area (Å²) < 4.78 is 2.00. The lowest BCUT2D eigenvalue weighted by Gasteiger charge is -2.11. The van der Waals surface area contributed by atoms with Gasteiger partial charge in [-0.15, -0.1) is 22.9 Å². The van der Waals surface area contributed by atoms with Crippen LogP contribution in [0.25, 0.3) is 0 Å². The van der Waals surface area contributed by atoms with Gasteiger partial charge < -0.3 is 0 Å². The monoisotopic (exact) mass is 412 g/mol. The number of rotatable bonds is 2. The topological polar surface area (TPSA) is 0 Å². The van der Waals surface area contributed by atoms with Crippen molar-refractivity contribution in [1.82, 2.24) is 0 Å². The highest BCUT2D eigenvalue weighted by molar-refractivity contribution is 9.10. The normalized spacial score (nSPS) is 12.8. The van der Waals surface area contributed by atoms with Gasteiger partial charge in [-0.1, -0.05) is 33.6 Å². The lowest BCUT2D eigenvalue weighted by molar-refractivity contribution is 1.17. The molecule has 0 radical (unpaired) electrons. The van der Waals surface area contributed by atoms with Gasteiger partial charge in [0.05, 0.1) is 5.38 Å². The van der Waals surface area contributed by atoms with Crippen LogP contribution < -0.4 is 0 Å². The van der Waals surface area contributed by atoms with Gasteiger partial charge in [0.2, 0.25) is 0 Å². The van der Waals surface area contributed by atoms with Gasteiger partial charge in [-0.3, -0.25) is 0 Å². The zero-order valence-electron chi connectivity index (χ0n) is 8.81. The van der Waals surface area contributed by atoms with Crippen LogP contribution in [0.1, 0.15) is 20.7 Å². The molecule has 0 nitrogen and oxygen atoms in total. The second kappa shape index (κ2) is 5.62. The smallest absolute Gasteiger partial charge is 0.0953 e. The maximum atomic E-state index is 6.49. The molecule has 0 aliphatic heterocycles. The molecule has 0 aliphatic carbocycles. The van der Waals surface area contributed by atoms with Crippen LogP contribution >= 0.6 is 66.4 Å². The van der Waals surface area contributed by atoms with Crippen LogP contribution in [0, 0.1) is 6.92 Å². The standard InChI is InChI=1S/C12H8Br2Cl2S/c1-6-4-9(14)12(17-6)11(16)8-3-2-7(13)5-10(8)15/h2-5,11H,1H3. The summed E-state index contributed by atoms with van der Waals surface area (Å²) >= 11 is 21.3. The van der Waals surface area contributed by atoms with Gasteiger partial charge >= 0.3 is 0 Å². The molecule has 2 aromatic rings. The summed E-state index contributed by atoms with van der Waals surface area (Å²) in [7, 11) is 0. The third kappa shape index (κ3) is 3.07. The Morgan fingerprint density at radius 2 is 1.94 bits per heavy atom. The Balaban J connectivity index is 2.43. The summed E-state index contributed by atoms with van der Waals surface area (Å²) in [6, 6.07) is 7.83. The fourth-order valence-electron chi connectivity index (χ4n) is 1.52. The van der Waals surface area contributed by atoms with E-state index in [1.165, 1.54) is 4.88 Å². The first-order valence-electron chi connectivity index (χ1n) is 4.84. The van der Waals surface area contributed by atoms with Gasteiger partial charge in [-0.05, 0) is 46.6 Å². The molecule has 0 aliphatic rings. The first-order valence-corrected chi connectivity index (χ1v) is 8.05. The van der Waals surface area contributed by atoms with E-state index in [1.807, 2.05) is 18.2 Å². The summed E-state index contributed by atoms with van der Waals surface area (Å²) in [5.74, 6) is 0. The van der Waals surface area contributed by atoms with Crippen molar-refractivity contribution in [1.29, 1.82) is 0 Å². The summed E-state index contributed by atoms with van der Waals surface area (Å²) in [5.41, 5.74) is 0.930. The lowest BCUT2D eigenvalue weighted by Crippen LogP contribution is -1.92. The van der Waals surface area contributed by atoms with Gasteiger partial charge in [0, 0.05) is 23.7 Å². The first-order chi connectivity index (χ1) is 7.99. The van der Waals surface area contributed by atoms with E-state index in [-0.39, 0.29) is 5.38 Å². The van der Waals surface area contributed by atoms with E-state index in [9.17, 15) is 0 Å². The van der Waals surface area contributed by atoms with Crippen molar-refractivity contribution in [2.45, 2.75) is 12.3 Å². The number of alkyl halides is 1. The van der Waals surface area contributed by atoms with Crippen LogP contribution in [-0.4, -0.2) is 0 Å². The maximum absolute atomic E-state index is 6.49. The maximum Gasteiger partial charge on any atom is 0.0953 e. The van der Waals surface area contributed by atoms with E-state index in [0.717, 1.165) is 19.4 Å². The molecular weight excluding hydrogens is 407 g/mol. The molecule has 0 spiro atoms. The minimum atomic E-state index is -0.219. The zero-order valence-corrected chi connectivity index (χ0v) is 14.3. The molecule has 1 heterocycles. The van der Waals surface area contributed by atoms with Gasteiger partial charge in [-0.2, -0.15) is 0 Å². The van der Waals surface area contributed by atoms with Gasteiger partial charge in [-0.25, -0.2) is 0 Å². The predicted octanol–water partition coefficient (Wildman–Crippen LogP) is 6.56. The second-order valence-electron chi connectivity index (χ2n) is 3.60. The van der Waals surface area contributed by atoms with Crippen molar-refractivity contribution < 1.29 is 0 Å². The molecule has 2 rings (SSSR count). The van der Waals surface area contributed by atoms with Crippen LogP contribution in [0.5, 0.6) is 0 Å². The molecule has 0 bridgehead atoms. The third-order valence-electron chi connectivity index (χ3n) is 2.30. The Hall–Kier alpha value is 0.460. The Kier molecular flexibility index (Phi) is 4.59. The quantitative estimate of drug-likeness (QED) is 0.488. The summed E-state index contributed by atoms with van der Waals surface area (Å²) in [6.45, 7) is 2.06. The first kappa shape index (κ1) is 13.9. The van der Waals surface area contributed by atoms with Crippen LogP contribution in [0.15, 0.2) is 33.2 Å². The highest BCUT2D eigenvalue weighted by atomic mass is 79.9. The molecule has 1 atom stereocenters. The van der Waals surface area contributed by atoms with E-state index >= 15 is 0 Å². The Bertz CT molecular complexity index is 551. The highest BCUT2D eigenvalue weighted by Gasteiger charge is 2.19. The van der Waals surface area contributed by atoms with Crippen LogP contribution in [-0.2, 0) is 0 Å². The molecule has 5 heteroatoms. The zero-order chi connectivity index (χ0) is 12.6. The Morgan fingerprint density at radius 3 is 2.47 bits per heavy atom. The Labute approximate surface area is 131 Å². The average molecular weight is 415 g/mol. The van der Waals surface area contributed by atoms with E-state index in [2.05, 4.69) is 44.8 Å². The van der Waals surface area contributed by atoms with Crippen molar-refractivity contribution in [3.63, 3.8) is 0 Å². The van der Waals surface area contributed by atoms with Crippen LogP contribution in [0.2, 0.25) is 5.02 Å². The summed E-state index contributed by atoms with van der Waals surface area (Å²) in [6.07, 6.45) is 0. The molecule has 90 valence electrons. The molecule has 17 heavy (non-hydrogen) atoms. The molecule has 0 saturated heterocycles. The number of aryl methyl sites for hydroxylation is 1. The van der Waals surface area contributed by atoms with Crippen LogP contribution in [0.4, 0.5) is 0 Å². The third-order valence-corrected chi connectivity index (χ3v) is 5.74. The highest BCUT2D eigenvalue weighted by Crippen LogP contribution is 2.42. The van der Waals surface area contributed by atoms with Crippen molar-refractivity contribution in [3.05, 3.63) is 53.6 Å². The lowest BCUT2D eigenvalue weighted by atomic mass is 10.1. The number of hydrogen-bond donors (Lipinski definition) is 0. The van der Waals surface area contributed by atoms with Gasteiger partial charge in [0.15, 0.2) is 0 Å². The van der Waals surface area contributed by atoms with Crippen molar-refractivity contribution >= 4 is 66.4 Å². The molecule has 0 N–H and O–H groups in total. The minimum absolute atomic E-state index is 0.219. The van der Waals surface area contributed by atoms with E-state index in [4.69, 9.17) is 23.2 Å². The van der Waals surface area contributed by atoms with Crippen LogP contribution in [0.3, 0.4) is 0 Å². The second-order valence-corrected chi connectivity index (χ2v) is 7.50. The van der Waals surface area contributed by atoms with Gasteiger partial charge in [0.1, 0.15) is 0 Å². The average Bonchev–Trinajstić information content (AvgIpc) is 2.57. The summed E-state index contributed by atoms with van der Waals surface area (Å²) in [4.78, 5) is 2.32. The molecule has 1 aromatic heterocycles. The van der Waals surface area contributed by atoms with E-state index in [0.29, 0.717) is 5.02 Å².